The number of hydrogen-bond donors (Lipinski definition) is 0. The number of benzene rings is 1. The summed E-state index contributed by atoms with van der Waals surface area (Å²) in [7, 11) is 0. The maximum atomic E-state index is 13.0. The van der Waals surface area contributed by atoms with E-state index in [4.69, 9.17) is 0 Å². The lowest BCUT2D eigenvalue weighted by Crippen LogP contribution is -2.55. The fraction of sp³-hybridized carbons (Fsp3) is 0.609. The number of amides is 3. The minimum Gasteiger partial charge on any atom is -0.337 e. The van der Waals surface area contributed by atoms with E-state index in [1.54, 1.807) is 0 Å². The second-order valence-electron chi connectivity index (χ2n) is 8.86. The highest BCUT2D eigenvalue weighted by Gasteiger charge is 2.42. The van der Waals surface area contributed by atoms with Crippen molar-refractivity contribution in [2.75, 3.05) is 32.7 Å². The molecule has 0 radical (unpaired) electrons. The monoisotopic (exact) mass is 397 g/mol. The summed E-state index contributed by atoms with van der Waals surface area (Å²) >= 11 is 0. The van der Waals surface area contributed by atoms with Crippen molar-refractivity contribution in [2.45, 2.75) is 51.5 Å². The molecule has 1 aromatic rings. The van der Waals surface area contributed by atoms with Crippen molar-refractivity contribution < 1.29 is 14.4 Å². The fourth-order valence-electron chi connectivity index (χ4n) is 4.39. The van der Waals surface area contributed by atoms with Gasteiger partial charge in [-0.3, -0.25) is 14.4 Å². The Morgan fingerprint density at radius 3 is 2.03 bits per heavy atom. The first-order valence-electron chi connectivity index (χ1n) is 10.9. The quantitative estimate of drug-likeness (QED) is 0.784. The normalized spacial score (nSPS) is 22.3. The van der Waals surface area contributed by atoms with Crippen LogP contribution in [-0.2, 0) is 9.59 Å². The van der Waals surface area contributed by atoms with E-state index in [2.05, 4.69) is 13.8 Å². The van der Waals surface area contributed by atoms with Crippen molar-refractivity contribution >= 4 is 17.7 Å². The molecule has 156 valence electrons. The Bertz CT molecular complexity index is 777. The van der Waals surface area contributed by atoms with Crippen LogP contribution in [-0.4, -0.2) is 71.2 Å². The molecule has 1 aromatic carbocycles. The summed E-state index contributed by atoms with van der Waals surface area (Å²) in [5, 5.41) is 0. The predicted octanol–water partition coefficient (Wildman–Crippen LogP) is 2.50. The third-order valence-electron chi connectivity index (χ3n) is 6.45. The lowest BCUT2D eigenvalue weighted by atomic mass is 10.0. The highest BCUT2D eigenvalue weighted by Crippen LogP contribution is 2.34. The summed E-state index contributed by atoms with van der Waals surface area (Å²) in [5.41, 5.74) is 1.92. The highest BCUT2D eigenvalue weighted by atomic mass is 16.2. The molecular formula is C23H31N3O3. The summed E-state index contributed by atoms with van der Waals surface area (Å²) in [6.45, 7) is 7.14. The summed E-state index contributed by atoms with van der Waals surface area (Å²) in [5.74, 6) is 0.846. The molecule has 0 spiro atoms. The fourth-order valence-corrected chi connectivity index (χ4v) is 4.39. The van der Waals surface area contributed by atoms with Gasteiger partial charge in [-0.15, -0.1) is 0 Å². The highest BCUT2D eigenvalue weighted by molar-refractivity contribution is 5.94. The van der Waals surface area contributed by atoms with Crippen molar-refractivity contribution in [3.8, 4) is 0 Å². The molecule has 0 N–H and O–H groups in total. The average Bonchev–Trinajstić information content (AvgIpc) is 3.48. The smallest absolute Gasteiger partial charge is 0.253 e. The molecule has 3 aliphatic rings. The molecule has 2 aliphatic heterocycles. The molecule has 2 saturated heterocycles. The first-order chi connectivity index (χ1) is 14.0. The first-order valence-corrected chi connectivity index (χ1v) is 10.9. The maximum absolute atomic E-state index is 13.0. The number of rotatable bonds is 4. The van der Waals surface area contributed by atoms with Gasteiger partial charge >= 0.3 is 0 Å². The van der Waals surface area contributed by atoms with Crippen LogP contribution in [0.2, 0.25) is 0 Å². The molecule has 1 saturated carbocycles. The van der Waals surface area contributed by atoms with Gasteiger partial charge in [0.2, 0.25) is 11.8 Å². The van der Waals surface area contributed by atoms with Gasteiger partial charge in [0, 0.05) is 44.2 Å². The van der Waals surface area contributed by atoms with Crippen LogP contribution in [0, 0.1) is 5.92 Å². The van der Waals surface area contributed by atoms with Crippen LogP contribution in [0.25, 0.3) is 0 Å². The third-order valence-corrected chi connectivity index (χ3v) is 6.45. The molecule has 1 unspecified atom stereocenters. The molecular weight excluding hydrogens is 366 g/mol. The Hall–Kier alpha value is -2.37. The zero-order valence-electron chi connectivity index (χ0n) is 17.5. The minimum atomic E-state index is -0.297. The van der Waals surface area contributed by atoms with Crippen LogP contribution >= 0.6 is 0 Å². The van der Waals surface area contributed by atoms with E-state index in [0.29, 0.717) is 44.2 Å². The van der Waals surface area contributed by atoms with E-state index in [9.17, 15) is 14.4 Å². The van der Waals surface area contributed by atoms with Crippen molar-refractivity contribution in [1.82, 2.24) is 14.7 Å². The predicted molar refractivity (Wildman–Crippen MR) is 110 cm³/mol. The molecule has 3 fully saturated rings. The molecule has 0 bridgehead atoms. The van der Waals surface area contributed by atoms with Gasteiger partial charge < -0.3 is 14.7 Å². The standard InChI is InChI=1S/C23H31N3O3/c1-16(2)17-5-7-18(8-6-17)21(27)24-12-14-25(15-13-24)23(29)20-4-3-11-26(20)22(28)19-9-10-19/h5-8,16,19-20H,3-4,9-15H2,1-2H3. The van der Waals surface area contributed by atoms with Crippen LogP contribution in [0.15, 0.2) is 24.3 Å². The van der Waals surface area contributed by atoms with E-state index in [1.807, 2.05) is 39.0 Å². The number of carbonyl (C=O) groups is 3. The zero-order chi connectivity index (χ0) is 20.5. The van der Waals surface area contributed by atoms with E-state index in [1.165, 1.54) is 5.56 Å². The number of piperazine rings is 1. The number of hydrogen-bond acceptors (Lipinski definition) is 3. The average molecular weight is 398 g/mol. The van der Waals surface area contributed by atoms with Gasteiger partial charge in [-0.05, 0) is 49.3 Å². The lowest BCUT2D eigenvalue weighted by Gasteiger charge is -2.37. The first kappa shape index (κ1) is 19.9. The topological polar surface area (TPSA) is 60.9 Å². The second kappa shape index (κ2) is 8.17. The van der Waals surface area contributed by atoms with E-state index >= 15 is 0 Å². The van der Waals surface area contributed by atoms with E-state index < -0.39 is 0 Å². The molecule has 6 heteroatoms. The molecule has 3 amide bonds. The van der Waals surface area contributed by atoms with Crippen LogP contribution in [0.4, 0.5) is 0 Å². The van der Waals surface area contributed by atoms with Crippen LogP contribution in [0.5, 0.6) is 0 Å². The van der Waals surface area contributed by atoms with Gasteiger partial charge in [0.25, 0.3) is 5.91 Å². The second-order valence-corrected chi connectivity index (χ2v) is 8.86. The summed E-state index contributed by atoms with van der Waals surface area (Å²) in [6, 6.07) is 7.53. The van der Waals surface area contributed by atoms with E-state index in [0.717, 1.165) is 25.7 Å². The molecule has 0 aromatic heterocycles. The summed E-state index contributed by atoms with van der Waals surface area (Å²) in [6.07, 6.45) is 3.60. The Kier molecular flexibility index (Phi) is 5.61. The summed E-state index contributed by atoms with van der Waals surface area (Å²) in [4.78, 5) is 43.8. The van der Waals surface area contributed by atoms with Crippen molar-refractivity contribution in [3.63, 3.8) is 0 Å². The van der Waals surface area contributed by atoms with Gasteiger partial charge in [0.05, 0.1) is 0 Å². The van der Waals surface area contributed by atoms with Crippen LogP contribution in [0.3, 0.4) is 0 Å². The Morgan fingerprint density at radius 2 is 1.45 bits per heavy atom. The maximum Gasteiger partial charge on any atom is 0.253 e. The Labute approximate surface area is 172 Å². The van der Waals surface area contributed by atoms with Gasteiger partial charge in [-0.25, -0.2) is 0 Å². The van der Waals surface area contributed by atoms with Crippen LogP contribution in [0.1, 0.15) is 61.4 Å². The molecule has 1 atom stereocenters. The zero-order valence-corrected chi connectivity index (χ0v) is 17.5. The van der Waals surface area contributed by atoms with Gasteiger partial charge in [0.1, 0.15) is 6.04 Å². The van der Waals surface area contributed by atoms with E-state index in [-0.39, 0.29) is 29.7 Å². The molecule has 4 rings (SSSR count). The molecule has 1 aliphatic carbocycles. The molecule has 29 heavy (non-hydrogen) atoms. The number of carbonyl (C=O) groups excluding carboxylic acids is 3. The van der Waals surface area contributed by atoms with Gasteiger partial charge in [0.15, 0.2) is 0 Å². The minimum absolute atomic E-state index is 0.0267. The molecule has 2 heterocycles. The largest absolute Gasteiger partial charge is 0.337 e. The Morgan fingerprint density at radius 1 is 0.828 bits per heavy atom. The SMILES string of the molecule is CC(C)c1ccc(C(=O)N2CCN(C(=O)C3CCCN3C(=O)C3CC3)CC2)cc1. The number of nitrogens with zero attached hydrogens (tertiary/aromatic N) is 3. The van der Waals surface area contributed by atoms with Crippen molar-refractivity contribution in [2.24, 2.45) is 5.92 Å². The van der Waals surface area contributed by atoms with Crippen LogP contribution < -0.4 is 0 Å². The molecule has 6 nitrogen and oxygen atoms in total. The number of likely N-dealkylation sites (tertiary alicyclic amines) is 1. The lowest BCUT2D eigenvalue weighted by molar-refractivity contribution is -0.145. The third kappa shape index (κ3) is 4.16. The van der Waals surface area contributed by atoms with Gasteiger partial charge in [-0.2, -0.15) is 0 Å². The Balaban J connectivity index is 1.33. The summed E-state index contributed by atoms with van der Waals surface area (Å²) < 4.78 is 0. The van der Waals surface area contributed by atoms with Crippen molar-refractivity contribution in [1.29, 1.82) is 0 Å². The van der Waals surface area contributed by atoms with Crippen molar-refractivity contribution in [3.05, 3.63) is 35.4 Å². The van der Waals surface area contributed by atoms with Gasteiger partial charge in [-0.1, -0.05) is 26.0 Å².